The number of hydrogen-bond acceptors (Lipinski definition) is 8. The van der Waals surface area contributed by atoms with Crippen molar-refractivity contribution in [1.82, 2.24) is 20.2 Å². The molecule has 0 radical (unpaired) electrons. The smallest absolute Gasteiger partial charge is 0.230 e. The number of ether oxygens (including phenoxy) is 3. The zero-order valence-corrected chi connectivity index (χ0v) is 16.3. The first kappa shape index (κ1) is 19.2. The van der Waals surface area contributed by atoms with Crippen LogP contribution in [0.4, 0.5) is 0 Å². The zero-order chi connectivity index (χ0) is 19.4. The molecule has 1 amide bonds. The molecule has 1 aromatic carbocycles. The fraction of sp³-hybridized carbons (Fsp3) is 0.471. The lowest BCUT2D eigenvalue weighted by molar-refractivity contribution is -0.118. The summed E-state index contributed by atoms with van der Waals surface area (Å²) < 4.78 is 17.4. The van der Waals surface area contributed by atoms with E-state index in [-0.39, 0.29) is 11.7 Å². The molecule has 0 atom stereocenters. The number of nitrogen functional groups attached to an aromatic ring is 1. The third-order valence-electron chi connectivity index (χ3n) is 4.18. The quantitative estimate of drug-likeness (QED) is 0.484. The van der Waals surface area contributed by atoms with Crippen LogP contribution in [0.2, 0.25) is 0 Å². The summed E-state index contributed by atoms with van der Waals surface area (Å²) in [5.74, 6) is 8.84. The Morgan fingerprint density at radius 3 is 2.44 bits per heavy atom. The Morgan fingerprint density at radius 1 is 1.22 bits per heavy atom. The molecule has 27 heavy (non-hydrogen) atoms. The molecule has 1 aliphatic carbocycles. The molecular weight excluding hydrogens is 370 g/mol. The number of nitrogens with zero attached hydrogens (tertiary/aromatic N) is 3. The van der Waals surface area contributed by atoms with Gasteiger partial charge >= 0.3 is 0 Å². The lowest BCUT2D eigenvalue weighted by atomic mass is 10.2. The molecule has 10 heteroatoms. The van der Waals surface area contributed by atoms with Gasteiger partial charge in [-0.25, -0.2) is 4.68 Å². The van der Waals surface area contributed by atoms with Crippen LogP contribution >= 0.6 is 11.8 Å². The molecule has 1 saturated carbocycles. The van der Waals surface area contributed by atoms with Crippen molar-refractivity contribution in [2.24, 2.45) is 0 Å². The molecule has 3 rings (SSSR count). The van der Waals surface area contributed by atoms with Gasteiger partial charge in [-0.3, -0.25) is 4.79 Å². The summed E-state index contributed by atoms with van der Waals surface area (Å²) in [6.07, 6.45) is 2.19. The van der Waals surface area contributed by atoms with Crippen molar-refractivity contribution in [1.29, 1.82) is 0 Å². The lowest BCUT2D eigenvalue weighted by Crippen LogP contribution is -2.25. The van der Waals surface area contributed by atoms with E-state index >= 15 is 0 Å². The number of carbonyl (C=O) groups is 1. The molecule has 3 N–H and O–H groups in total. The molecule has 9 nitrogen and oxygen atoms in total. The zero-order valence-electron chi connectivity index (χ0n) is 15.5. The molecule has 1 heterocycles. The van der Waals surface area contributed by atoms with E-state index in [4.69, 9.17) is 20.1 Å². The van der Waals surface area contributed by atoms with Gasteiger partial charge in [0, 0.05) is 12.5 Å². The van der Waals surface area contributed by atoms with Crippen LogP contribution in [0.25, 0.3) is 0 Å². The van der Waals surface area contributed by atoms with Gasteiger partial charge < -0.3 is 25.4 Å². The first-order valence-electron chi connectivity index (χ1n) is 8.46. The number of nitrogens with one attached hydrogen (secondary N) is 1. The predicted molar refractivity (Wildman–Crippen MR) is 101 cm³/mol. The average Bonchev–Trinajstić information content (AvgIpc) is 3.46. The van der Waals surface area contributed by atoms with Gasteiger partial charge in [-0.2, -0.15) is 0 Å². The molecule has 0 aliphatic heterocycles. The molecule has 1 aromatic heterocycles. The molecule has 1 aliphatic rings. The van der Waals surface area contributed by atoms with Crippen LogP contribution in [0.15, 0.2) is 17.3 Å². The van der Waals surface area contributed by atoms with Crippen LogP contribution in [-0.2, 0) is 11.3 Å². The van der Waals surface area contributed by atoms with Gasteiger partial charge in [-0.05, 0) is 30.5 Å². The highest BCUT2D eigenvalue weighted by molar-refractivity contribution is 7.99. The summed E-state index contributed by atoms with van der Waals surface area (Å²) in [4.78, 5) is 12.2. The summed E-state index contributed by atoms with van der Waals surface area (Å²) in [5.41, 5.74) is 0.834. The molecule has 0 bridgehead atoms. The van der Waals surface area contributed by atoms with E-state index in [0.717, 1.165) is 24.2 Å². The second-order valence-corrected chi connectivity index (χ2v) is 7.03. The monoisotopic (exact) mass is 393 g/mol. The standard InChI is InChI=1S/C17H23N5O4S/c1-24-12-6-10(7-13(25-2)15(12)26-3)8-19-14(23)9-27-17-21-20-16(22(17)18)11-4-5-11/h6-7,11H,4-5,8-9,18H2,1-3H3,(H,19,23). The van der Waals surface area contributed by atoms with E-state index in [2.05, 4.69) is 15.5 Å². The maximum absolute atomic E-state index is 12.2. The molecule has 0 spiro atoms. The number of aromatic nitrogens is 3. The topological polar surface area (TPSA) is 114 Å². The lowest BCUT2D eigenvalue weighted by Gasteiger charge is -2.14. The second kappa shape index (κ2) is 8.38. The van der Waals surface area contributed by atoms with Crippen molar-refractivity contribution >= 4 is 17.7 Å². The first-order chi connectivity index (χ1) is 13.1. The summed E-state index contributed by atoms with van der Waals surface area (Å²) in [6.45, 7) is 0.332. The highest BCUT2D eigenvalue weighted by atomic mass is 32.2. The third kappa shape index (κ3) is 4.38. The Morgan fingerprint density at radius 2 is 1.89 bits per heavy atom. The van der Waals surface area contributed by atoms with Gasteiger partial charge in [0.05, 0.1) is 27.1 Å². The summed E-state index contributed by atoms with van der Waals surface area (Å²) in [6, 6.07) is 3.60. The summed E-state index contributed by atoms with van der Waals surface area (Å²) in [5, 5.41) is 11.6. The van der Waals surface area contributed by atoms with E-state index in [1.165, 1.54) is 16.4 Å². The summed E-state index contributed by atoms with van der Waals surface area (Å²) >= 11 is 1.26. The first-order valence-corrected chi connectivity index (χ1v) is 9.44. The van der Waals surface area contributed by atoms with Crippen molar-refractivity contribution in [2.75, 3.05) is 32.9 Å². The highest BCUT2D eigenvalue weighted by Gasteiger charge is 2.30. The second-order valence-electron chi connectivity index (χ2n) is 6.08. The van der Waals surface area contributed by atoms with Gasteiger partial charge in [0.25, 0.3) is 0 Å². The number of rotatable bonds is 9. The van der Waals surface area contributed by atoms with Crippen LogP contribution in [-0.4, -0.2) is 47.9 Å². The molecule has 2 aromatic rings. The maximum atomic E-state index is 12.2. The number of thioether (sulfide) groups is 1. The van der Waals surface area contributed by atoms with Crippen molar-refractivity contribution in [3.63, 3.8) is 0 Å². The Bertz CT molecular complexity index is 797. The van der Waals surface area contributed by atoms with Crippen LogP contribution < -0.4 is 25.4 Å². The number of amides is 1. The SMILES string of the molecule is COc1cc(CNC(=O)CSc2nnc(C3CC3)n2N)cc(OC)c1OC. The van der Waals surface area contributed by atoms with Crippen molar-refractivity contribution < 1.29 is 19.0 Å². The van der Waals surface area contributed by atoms with E-state index in [1.807, 2.05) is 0 Å². The minimum absolute atomic E-state index is 0.135. The fourth-order valence-electron chi connectivity index (χ4n) is 2.63. The number of hydrogen-bond donors (Lipinski definition) is 2. The average molecular weight is 393 g/mol. The number of benzene rings is 1. The Kier molecular flexibility index (Phi) is 5.94. The van der Waals surface area contributed by atoms with E-state index in [9.17, 15) is 4.79 Å². The van der Waals surface area contributed by atoms with Crippen molar-refractivity contribution in [2.45, 2.75) is 30.5 Å². The minimum Gasteiger partial charge on any atom is -0.493 e. The van der Waals surface area contributed by atoms with E-state index in [1.54, 1.807) is 33.5 Å². The maximum Gasteiger partial charge on any atom is 0.230 e. The van der Waals surface area contributed by atoms with Crippen molar-refractivity contribution in [3.05, 3.63) is 23.5 Å². The molecular formula is C17H23N5O4S. The normalized spacial score (nSPS) is 13.3. The highest BCUT2D eigenvalue weighted by Crippen LogP contribution is 2.39. The van der Waals surface area contributed by atoms with Gasteiger partial charge in [-0.15, -0.1) is 10.2 Å². The minimum atomic E-state index is -0.135. The fourth-order valence-corrected chi connectivity index (χ4v) is 3.32. The van der Waals surface area contributed by atoms with Gasteiger partial charge in [0.15, 0.2) is 17.3 Å². The molecule has 0 saturated heterocycles. The number of nitrogens with two attached hydrogens (primary N) is 1. The van der Waals surface area contributed by atoms with E-state index in [0.29, 0.717) is 34.9 Å². The van der Waals surface area contributed by atoms with Crippen LogP contribution in [0, 0.1) is 0 Å². The van der Waals surface area contributed by atoms with Gasteiger partial charge in [0.1, 0.15) is 0 Å². The van der Waals surface area contributed by atoms with Crippen LogP contribution in [0.1, 0.15) is 30.1 Å². The Balaban J connectivity index is 1.56. The third-order valence-corrected chi connectivity index (χ3v) is 5.12. The Hall–Kier alpha value is -2.62. The van der Waals surface area contributed by atoms with Gasteiger partial charge in [-0.1, -0.05) is 11.8 Å². The van der Waals surface area contributed by atoms with Crippen LogP contribution in [0.5, 0.6) is 17.2 Å². The van der Waals surface area contributed by atoms with Crippen LogP contribution in [0.3, 0.4) is 0 Å². The van der Waals surface area contributed by atoms with Gasteiger partial charge in [0.2, 0.25) is 16.8 Å². The largest absolute Gasteiger partial charge is 0.493 e. The Labute approximate surface area is 161 Å². The number of carbonyl (C=O) groups excluding carboxylic acids is 1. The molecule has 0 unspecified atom stereocenters. The molecule has 146 valence electrons. The summed E-state index contributed by atoms with van der Waals surface area (Å²) in [7, 11) is 4.65. The van der Waals surface area contributed by atoms with Crippen molar-refractivity contribution in [3.8, 4) is 17.2 Å². The van der Waals surface area contributed by atoms with E-state index < -0.39 is 0 Å². The predicted octanol–water partition coefficient (Wildman–Crippen LogP) is 1.30. The molecule has 1 fully saturated rings. The number of methoxy groups -OCH3 is 3.